The molecule has 0 saturated heterocycles. The molecule has 2 heterocycles. The van der Waals surface area contributed by atoms with Crippen molar-refractivity contribution in [3.8, 4) is 0 Å². The zero-order valence-electron chi connectivity index (χ0n) is 9.08. The van der Waals surface area contributed by atoms with Crippen LogP contribution in [0, 0.1) is 0 Å². The summed E-state index contributed by atoms with van der Waals surface area (Å²) in [7, 11) is -2.12. The molecule has 0 aliphatic heterocycles. The van der Waals surface area contributed by atoms with Gasteiger partial charge in [0, 0.05) is 29.2 Å². The van der Waals surface area contributed by atoms with Crippen molar-refractivity contribution in [1.29, 1.82) is 0 Å². The first-order valence-electron chi connectivity index (χ1n) is 4.66. The number of halogens is 1. The fraction of sp³-hybridized carbons (Fsp3) is 0.125. The summed E-state index contributed by atoms with van der Waals surface area (Å²) in [6.07, 6.45) is 2.85. The van der Waals surface area contributed by atoms with Gasteiger partial charge >= 0.3 is 0 Å². The van der Waals surface area contributed by atoms with Gasteiger partial charge in [0.1, 0.15) is 15.7 Å². The first kappa shape index (κ1) is 13.2. The Balaban J connectivity index is 2.43. The summed E-state index contributed by atoms with van der Waals surface area (Å²) in [6, 6.07) is 1.47. The van der Waals surface area contributed by atoms with Gasteiger partial charge in [0.15, 0.2) is 0 Å². The molecular formula is C8H8BrN5O2S2. The van der Waals surface area contributed by atoms with Gasteiger partial charge in [-0.05, 0) is 22.0 Å². The van der Waals surface area contributed by atoms with Crippen LogP contribution >= 0.6 is 27.5 Å². The molecule has 0 fully saturated rings. The lowest BCUT2D eigenvalue weighted by Crippen LogP contribution is -2.14. The highest BCUT2D eigenvalue weighted by Gasteiger charge is 2.20. The highest BCUT2D eigenvalue weighted by atomic mass is 79.9. The molecule has 0 unspecified atom stereocenters. The van der Waals surface area contributed by atoms with Crippen LogP contribution in [0.4, 0.5) is 10.8 Å². The van der Waals surface area contributed by atoms with E-state index in [9.17, 15) is 8.42 Å². The molecule has 0 atom stereocenters. The molecule has 2 rings (SSSR count). The molecule has 0 aliphatic rings. The molecular weight excluding hydrogens is 342 g/mol. The molecule has 96 valence electrons. The van der Waals surface area contributed by atoms with Gasteiger partial charge in [-0.3, -0.25) is 4.72 Å². The zero-order chi connectivity index (χ0) is 13.2. The summed E-state index contributed by atoms with van der Waals surface area (Å²) in [6.45, 7) is 0. The fourth-order valence-electron chi connectivity index (χ4n) is 1.21. The SMILES string of the molecule is CNc1ncc(Br)cc1S(=O)(=O)Nc1cnns1. The average Bonchev–Trinajstić information content (AvgIpc) is 2.81. The smallest absolute Gasteiger partial charge is 0.266 e. The molecule has 7 nitrogen and oxygen atoms in total. The van der Waals surface area contributed by atoms with E-state index in [1.807, 2.05) is 0 Å². The molecule has 2 aromatic rings. The topological polar surface area (TPSA) is 96.9 Å². The van der Waals surface area contributed by atoms with Gasteiger partial charge in [-0.25, -0.2) is 13.4 Å². The molecule has 10 heteroatoms. The number of hydrogen-bond acceptors (Lipinski definition) is 7. The van der Waals surface area contributed by atoms with Crippen LogP contribution in [0.2, 0.25) is 0 Å². The Morgan fingerprint density at radius 3 is 2.78 bits per heavy atom. The van der Waals surface area contributed by atoms with E-state index >= 15 is 0 Å². The van der Waals surface area contributed by atoms with Crippen molar-refractivity contribution in [3.63, 3.8) is 0 Å². The number of rotatable bonds is 4. The van der Waals surface area contributed by atoms with E-state index in [-0.39, 0.29) is 10.7 Å². The van der Waals surface area contributed by atoms with Gasteiger partial charge in [-0.1, -0.05) is 4.49 Å². The van der Waals surface area contributed by atoms with Crippen LogP contribution in [-0.4, -0.2) is 30.0 Å². The minimum Gasteiger partial charge on any atom is -0.372 e. The summed E-state index contributed by atoms with van der Waals surface area (Å²) < 4.78 is 30.9. The summed E-state index contributed by atoms with van der Waals surface area (Å²) in [5.41, 5.74) is 0. The number of anilines is 2. The Hall–Kier alpha value is -1.26. The first-order valence-corrected chi connectivity index (χ1v) is 7.71. The quantitative estimate of drug-likeness (QED) is 0.868. The van der Waals surface area contributed by atoms with Crippen LogP contribution < -0.4 is 10.0 Å². The maximum absolute atomic E-state index is 12.2. The summed E-state index contributed by atoms with van der Waals surface area (Å²) >= 11 is 4.15. The molecule has 18 heavy (non-hydrogen) atoms. The number of nitrogens with one attached hydrogen (secondary N) is 2. The third-order valence-electron chi connectivity index (χ3n) is 1.94. The van der Waals surface area contributed by atoms with Crippen molar-refractivity contribution in [2.75, 3.05) is 17.1 Å². The molecule has 2 N–H and O–H groups in total. The molecule has 0 amide bonds. The van der Waals surface area contributed by atoms with Crippen molar-refractivity contribution in [2.24, 2.45) is 0 Å². The van der Waals surface area contributed by atoms with Gasteiger partial charge < -0.3 is 5.32 Å². The third-order valence-corrected chi connectivity index (χ3v) is 4.46. The largest absolute Gasteiger partial charge is 0.372 e. The van der Waals surface area contributed by atoms with E-state index in [0.717, 1.165) is 11.5 Å². The van der Waals surface area contributed by atoms with Crippen molar-refractivity contribution in [1.82, 2.24) is 14.6 Å². The maximum atomic E-state index is 12.2. The summed E-state index contributed by atoms with van der Waals surface area (Å²) in [4.78, 5) is 4.04. The molecule has 0 bridgehead atoms. The summed E-state index contributed by atoms with van der Waals surface area (Å²) in [5.74, 6) is 0.267. The second-order valence-corrected chi connectivity index (χ2v) is 6.49. The van der Waals surface area contributed by atoms with Gasteiger partial charge in [0.2, 0.25) is 0 Å². The first-order chi connectivity index (χ1) is 8.53. The molecule has 0 spiro atoms. The van der Waals surface area contributed by atoms with E-state index in [1.165, 1.54) is 18.5 Å². The van der Waals surface area contributed by atoms with Crippen molar-refractivity contribution >= 4 is 48.3 Å². The average molecular weight is 350 g/mol. The van der Waals surface area contributed by atoms with Crippen LogP contribution in [0.15, 0.2) is 27.8 Å². The van der Waals surface area contributed by atoms with Gasteiger partial charge in [-0.15, -0.1) is 5.10 Å². The van der Waals surface area contributed by atoms with Crippen molar-refractivity contribution < 1.29 is 8.42 Å². The Morgan fingerprint density at radius 1 is 1.39 bits per heavy atom. The second-order valence-electron chi connectivity index (χ2n) is 3.14. The Kier molecular flexibility index (Phi) is 3.78. The highest BCUT2D eigenvalue weighted by Crippen LogP contribution is 2.25. The maximum Gasteiger partial charge on any atom is 0.266 e. The van der Waals surface area contributed by atoms with Crippen molar-refractivity contribution in [2.45, 2.75) is 4.90 Å². The lowest BCUT2D eigenvalue weighted by molar-refractivity contribution is 0.601. The molecule has 0 aliphatic carbocycles. The number of sulfonamides is 1. The minimum absolute atomic E-state index is 0.0489. The molecule has 0 radical (unpaired) electrons. The second kappa shape index (κ2) is 5.16. The van der Waals surface area contributed by atoms with Gasteiger partial charge in [0.05, 0.1) is 6.20 Å². The van der Waals surface area contributed by atoms with Gasteiger partial charge in [0.25, 0.3) is 10.0 Å². The molecule has 0 aromatic carbocycles. The Labute approximate surface area is 116 Å². The monoisotopic (exact) mass is 349 g/mol. The number of aromatic nitrogens is 3. The highest BCUT2D eigenvalue weighted by molar-refractivity contribution is 9.10. The van der Waals surface area contributed by atoms with E-state index in [4.69, 9.17) is 0 Å². The van der Waals surface area contributed by atoms with E-state index in [0.29, 0.717) is 9.47 Å². The van der Waals surface area contributed by atoms with E-state index in [1.54, 1.807) is 7.05 Å². The lowest BCUT2D eigenvalue weighted by atomic mass is 10.4. The lowest BCUT2D eigenvalue weighted by Gasteiger charge is -2.09. The molecule has 0 saturated carbocycles. The number of nitrogens with zero attached hydrogens (tertiary/aromatic N) is 3. The van der Waals surface area contributed by atoms with E-state index in [2.05, 4.69) is 40.5 Å². The predicted molar refractivity (Wildman–Crippen MR) is 72.2 cm³/mol. The minimum atomic E-state index is -3.72. The predicted octanol–water partition coefficient (Wildman–Crippen LogP) is 1.54. The third kappa shape index (κ3) is 2.76. The Morgan fingerprint density at radius 2 is 2.17 bits per heavy atom. The van der Waals surface area contributed by atoms with Crippen LogP contribution in [0.5, 0.6) is 0 Å². The fourth-order valence-corrected chi connectivity index (χ4v) is 3.57. The van der Waals surface area contributed by atoms with Crippen LogP contribution in [0.1, 0.15) is 0 Å². The summed E-state index contributed by atoms with van der Waals surface area (Å²) in [5, 5.41) is 6.64. The Bertz CT molecular complexity index is 644. The van der Waals surface area contributed by atoms with Crippen LogP contribution in [0.3, 0.4) is 0 Å². The van der Waals surface area contributed by atoms with Gasteiger partial charge in [-0.2, -0.15) is 0 Å². The number of pyridine rings is 1. The van der Waals surface area contributed by atoms with Crippen LogP contribution in [-0.2, 0) is 10.0 Å². The normalized spacial score (nSPS) is 11.2. The number of hydrogen-bond donors (Lipinski definition) is 2. The van der Waals surface area contributed by atoms with E-state index < -0.39 is 10.0 Å². The van der Waals surface area contributed by atoms with Crippen LogP contribution in [0.25, 0.3) is 0 Å². The standard InChI is InChI=1S/C8H8BrN5O2S2/c1-10-8-6(2-5(9)3-11-8)18(15,16)13-7-4-12-14-17-7/h2-4,13H,1H3,(H,10,11). The van der Waals surface area contributed by atoms with Crippen molar-refractivity contribution in [3.05, 3.63) is 22.9 Å². The molecule has 2 aromatic heterocycles. The zero-order valence-corrected chi connectivity index (χ0v) is 12.3.